The molecule has 1 atom stereocenters. The molecule has 0 saturated heterocycles. The van der Waals surface area contributed by atoms with E-state index >= 15 is 0 Å². The van der Waals surface area contributed by atoms with E-state index in [4.69, 9.17) is 11.6 Å². The fraction of sp³-hybridized carbons (Fsp3) is 0.355. The minimum absolute atomic E-state index is 0.0235. The highest BCUT2D eigenvalue weighted by molar-refractivity contribution is 7.92. The van der Waals surface area contributed by atoms with E-state index in [2.05, 4.69) is 5.32 Å². The lowest BCUT2D eigenvalue weighted by atomic mass is 10.1. The fourth-order valence-corrected chi connectivity index (χ4v) is 6.66. The average molecular weight is 582 g/mol. The maximum Gasteiger partial charge on any atom is 0.264 e. The van der Waals surface area contributed by atoms with Gasteiger partial charge in [0.15, 0.2) is 0 Å². The van der Waals surface area contributed by atoms with Crippen LogP contribution < -0.4 is 9.62 Å². The van der Waals surface area contributed by atoms with E-state index in [-0.39, 0.29) is 23.4 Å². The third kappa shape index (κ3) is 7.43. The molecule has 9 heteroatoms. The summed E-state index contributed by atoms with van der Waals surface area (Å²) in [4.78, 5) is 29.1. The van der Waals surface area contributed by atoms with Crippen molar-refractivity contribution in [2.75, 3.05) is 17.4 Å². The van der Waals surface area contributed by atoms with Gasteiger partial charge in [-0.25, -0.2) is 8.42 Å². The number of carbonyl (C=O) groups excluding carboxylic acids is 2. The van der Waals surface area contributed by atoms with Crippen molar-refractivity contribution >= 4 is 39.1 Å². The average Bonchev–Trinajstić information content (AvgIpc) is 3.48. The quantitative estimate of drug-likeness (QED) is 0.308. The van der Waals surface area contributed by atoms with Crippen LogP contribution in [0.25, 0.3) is 0 Å². The minimum atomic E-state index is -4.11. The second-order valence-corrected chi connectivity index (χ2v) is 12.3. The van der Waals surface area contributed by atoms with Gasteiger partial charge in [-0.3, -0.25) is 13.9 Å². The lowest BCUT2D eigenvalue weighted by molar-refractivity contribution is -0.139. The number of nitrogens with one attached hydrogen (secondary N) is 1. The third-order valence-electron chi connectivity index (χ3n) is 7.30. The molecule has 1 aliphatic rings. The molecule has 0 aliphatic heterocycles. The first-order valence-corrected chi connectivity index (χ1v) is 15.6. The van der Waals surface area contributed by atoms with Crippen molar-refractivity contribution in [1.82, 2.24) is 10.2 Å². The smallest absolute Gasteiger partial charge is 0.264 e. The summed E-state index contributed by atoms with van der Waals surface area (Å²) in [5, 5.41) is 3.54. The van der Waals surface area contributed by atoms with Crippen LogP contribution in [0.15, 0.2) is 89.8 Å². The van der Waals surface area contributed by atoms with E-state index in [1.165, 1.54) is 24.3 Å². The standard InChI is InChI=1S/C31H36ClN3O4S/c1-2-29(31(37)33-26-13-9-10-14-26)34(22-21-24-11-5-3-6-12-24)30(36)23-35(27-15-7-4-8-16-27)40(38,39)28-19-17-25(32)18-20-28/h3-8,11-12,15-20,26,29H,2,9-10,13-14,21-23H2,1H3,(H,33,37)/t29-/m0/s1. The number of anilines is 1. The molecular formula is C31H36ClN3O4S. The Morgan fingerprint density at radius 3 is 2.12 bits per heavy atom. The van der Waals surface area contributed by atoms with Crippen LogP contribution in [0.1, 0.15) is 44.6 Å². The second kappa shape index (κ2) is 13.8. The van der Waals surface area contributed by atoms with Crippen LogP contribution in [0.2, 0.25) is 5.02 Å². The van der Waals surface area contributed by atoms with Gasteiger partial charge in [-0.15, -0.1) is 0 Å². The Bertz CT molecular complexity index is 1360. The van der Waals surface area contributed by atoms with E-state index in [9.17, 15) is 18.0 Å². The third-order valence-corrected chi connectivity index (χ3v) is 9.34. The Morgan fingerprint density at radius 1 is 0.925 bits per heavy atom. The number of benzene rings is 3. The van der Waals surface area contributed by atoms with E-state index in [1.807, 2.05) is 37.3 Å². The topological polar surface area (TPSA) is 86.8 Å². The zero-order chi connectivity index (χ0) is 28.5. The summed E-state index contributed by atoms with van der Waals surface area (Å²) in [5.74, 6) is -0.631. The lowest BCUT2D eigenvalue weighted by Crippen LogP contribution is -2.54. The predicted molar refractivity (Wildman–Crippen MR) is 159 cm³/mol. The molecule has 7 nitrogen and oxygen atoms in total. The molecule has 40 heavy (non-hydrogen) atoms. The van der Waals surface area contributed by atoms with Gasteiger partial charge in [0, 0.05) is 17.6 Å². The molecule has 1 aliphatic carbocycles. The van der Waals surface area contributed by atoms with Crippen LogP contribution in [0.4, 0.5) is 5.69 Å². The van der Waals surface area contributed by atoms with E-state index in [0.717, 1.165) is 35.6 Å². The minimum Gasteiger partial charge on any atom is -0.352 e. The molecule has 0 aromatic heterocycles. The Morgan fingerprint density at radius 2 is 1.52 bits per heavy atom. The molecule has 1 fully saturated rings. The highest BCUT2D eigenvalue weighted by Gasteiger charge is 2.34. The van der Waals surface area contributed by atoms with Gasteiger partial charge < -0.3 is 10.2 Å². The van der Waals surface area contributed by atoms with Crippen molar-refractivity contribution in [1.29, 1.82) is 0 Å². The van der Waals surface area contributed by atoms with Gasteiger partial charge in [0.05, 0.1) is 10.6 Å². The molecule has 3 aromatic carbocycles. The van der Waals surface area contributed by atoms with Gasteiger partial charge in [0.2, 0.25) is 11.8 Å². The van der Waals surface area contributed by atoms with Crippen LogP contribution in [0.5, 0.6) is 0 Å². The number of carbonyl (C=O) groups is 2. The van der Waals surface area contributed by atoms with Gasteiger partial charge in [-0.1, -0.05) is 79.9 Å². The first-order valence-electron chi connectivity index (χ1n) is 13.8. The number of nitrogens with zero attached hydrogens (tertiary/aromatic N) is 2. The molecule has 2 amide bonds. The zero-order valence-corrected chi connectivity index (χ0v) is 24.3. The van der Waals surface area contributed by atoms with Crippen molar-refractivity contribution in [3.05, 3.63) is 95.5 Å². The van der Waals surface area contributed by atoms with Crippen LogP contribution in [-0.2, 0) is 26.0 Å². The molecule has 212 valence electrons. The van der Waals surface area contributed by atoms with Crippen molar-refractivity contribution in [2.45, 2.75) is 62.4 Å². The molecular weight excluding hydrogens is 546 g/mol. The number of hydrogen-bond donors (Lipinski definition) is 1. The SMILES string of the molecule is CC[C@@H](C(=O)NC1CCCC1)N(CCc1ccccc1)C(=O)CN(c1ccccc1)S(=O)(=O)c1ccc(Cl)cc1. The van der Waals surface area contributed by atoms with Gasteiger partial charge in [-0.2, -0.15) is 0 Å². The summed E-state index contributed by atoms with van der Waals surface area (Å²) < 4.78 is 28.7. The summed E-state index contributed by atoms with van der Waals surface area (Å²) in [6.07, 6.45) is 4.96. The van der Waals surface area contributed by atoms with Gasteiger partial charge in [0.25, 0.3) is 10.0 Å². The van der Waals surface area contributed by atoms with Crippen LogP contribution in [0, 0.1) is 0 Å². The summed E-state index contributed by atoms with van der Waals surface area (Å²) in [6.45, 7) is 1.71. The molecule has 1 saturated carbocycles. The first-order chi connectivity index (χ1) is 19.3. The van der Waals surface area contributed by atoms with Crippen LogP contribution in [0.3, 0.4) is 0 Å². The Kier molecular flexibility index (Phi) is 10.2. The normalized spacial score (nSPS) is 14.4. The summed E-state index contributed by atoms with van der Waals surface area (Å²) in [6, 6.07) is 23.5. The number of rotatable bonds is 12. The summed E-state index contributed by atoms with van der Waals surface area (Å²) in [7, 11) is -4.11. The number of sulfonamides is 1. The molecule has 3 aromatic rings. The maximum atomic E-state index is 14.0. The molecule has 0 heterocycles. The van der Waals surface area contributed by atoms with Crippen molar-refractivity contribution in [2.24, 2.45) is 0 Å². The first kappa shape index (κ1) is 29.6. The monoisotopic (exact) mass is 581 g/mol. The fourth-order valence-electron chi connectivity index (χ4n) is 5.12. The number of para-hydroxylation sites is 1. The van der Waals surface area contributed by atoms with Gasteiger partial charge in [0.1, 0.15) is 12.6 Å². The number of halogens is 1. The largest absolute Gasteiger partial charge is 0.352 e. The summed E-state index contributed by atoms with van der Waals surface area (Å²) in [5.41, 5.74) is 1.39. The van der Waals surface area contributed by atoms with E-state index < -0.39 is 28.5 Å². The second-order valence-electron chi connectivity index (χ2n) is 10.0. The molecule has 0 unspecified atom stereocenters. The summed E-state index contributed by atoms with van der Waals surface area (Å²) >= 11 is 6.00. The maximum absolute atomic E-state index is 14.0. The van der Waals surface area contributed by atoms with Gasteiger partial charge >= 0.3 is 0 Å². The Balaban J connectivity index is 1.65. The van der Waals surface area contributed by atoms with Crippen molar-refractivity contribution in [3.8, 4) is 0 Å². The zero-order valence-electron chi connectivity index (χ0n) is 22.7. The highest BCUT2D eigenvalue weighted by atomic mass is 35.5. The highest BCUT2D eigenvalue weighted by Crippen LogP contribution is 2.25. The van der Waals surface area contributed by atoms with Crippen molar-refractivity contribution < 1.29 is 18.0 Å². The van der Waals surface area contributed by atoms with Crippen LogP contribution >= 0.6 is 11.6 Å². The van der Waals surface area contributed by atoms with Gasteiger partial charge in [-0.05, 0) is 67.6 Å². The Hall–Kier alpha value is -3.36. The Labute approximate surface area is 242 Å². The molecule has 0 spiro atoms. The molecule has 0 radical (unpaired) electrons. The number of hydrogen-bond acceptors (Lipinski definition) is 4. The van der Waals surface area contributed by atoms with E-state index in [0.29, 0.717) is 23.6 Å². The predicted octanol–water partition coefficient (Wildman–Crippen LogP) is 5.44. The van der Waals surface area contributed by atoms with E-state index in [1.54, 1.807) is 35.2 Å². The van der Waals surface area contributed by atoms with Crippen LogP contribution in [-0.4, -0.2) is 50.3 Å². The molecule has 4 rings (SSSR count). The number of amides is 2. The van der Waals surface area contributed by atoms with Crippen molar-refractivity contribution in [3.63, 3.8) is 0 Å². The molecule has 0 bridgehead atoms. The molecule has 1 N–H and O–H groups in total. The lowest BCUT2D eigenvalue weighted by Gasteiger charge is -2.33.